The summed E-state index contributed by atoms with van der Waals surface area (Å²) in [5.74, 6) is 0.502. The smallest absolute Gasteiger partial charge is 0.151 e. The average Bonchev–Trinajstić information content (AvgIpc) is 2.48. The average molecular weight is 188 g/mol. The van der Waals surface area contributed by atoms with E-state index in [1.165, 1.54) is 6.33 Å². The first-order chi connectivity index (χ1) is 6.70. The van der Waals surface area contributed by atoms with Gasteiger partial charge in [0.2, 0.25) is 0 Å². The van der Waals surface area contributed by atoms with Crippen LogP contribution in [-0.4, -0.2) is 14.5 Å². The molecule has 0 unspecified atom stereocenters. The van der Waals surface area contributed by atoms with Gasteiger partial charge in [0.25, 0.3) is 0 Å². The lowest BCUT2D eigenvalue weighted by Crippen LogP contribution is -2.05. The SMILES string of the molecule is Cc1ccc(C)n1-c1cncnc1N. The van der Waals surface area contributed by atoms with E-state index in [0.717, 1.165) is 17.1 Å². The zero-order valence-electron chi connectivity index (χ0n) is 8.23. The molecule has 2 rings (SSSR count). The number of rotatable bonds is 1. The number of aryl methyl sites for hydroxylation is 2. The molecule has 0 aliphatic rings. The Bertz CT molecular complexity index is 439. The second-order valence-corrected chi connectivity index (χ2v) is 3.24. The van der Waals surface area contributed by atoms with E-state index in [2.05, 4.69) is 9.97 Å². The van der Waals surface area contributed by atoms with Crippen LogP contribution in [0.4, 0.5) is 5.82 Å². The van der Waals surface area contributed by atoms with Gasteiger partial charge in [-0.05, 0) is 26.0 Å². The van der Waals surface area contributed by atoms with Gasteiger partial charge < -0.3 is 10.3 Å². The van der Waals surface area contributed by atoms with Crippen LogP contribution in [0.15, 0.2) is 24.7 Å². The number of nitrogens with two attached hydrogens (primary N) is 1. The molecule has 0 atom stereocenters. The molecule has 0 aliphatic heterocycles. The van der Waals surface area contributed by atoms with Gasteiger partial charge in [-0.3, -0.25) is 0 Å². The van der Waals surface area contributed by atoms with Crippen molar-refractivity contribution in [1.29, 1.82) is 0 Å². The van der Waals surface area contributed by atoms with Crippen LogP contribution in [0.2, 0.25) is 0 Å². The zero-order chi connectivity index (χ0) is 10.1. The Kier molecular flexibility index (Phi) is 1.96. The lowest BCUT2D eigenvalue weighted by Gasteiger charge is -2.09. The quantitative estimate of drug-likeness (QED) is 0.737. The van der Waals surface area contributed by atoms with Crippen LogP contribution in [0, 0.1) is 13.8 Å². The van der Waals surface area contributed by atoms with Crippen molar-refractivity contribution in [3.05, 3.63) is 36.0 Å². The summed E-state index contributed by atoms with van der Waals surface area (Å²) in [6.45, 7) is 4.05. The Hall–Kier alpha value is -1.84. The van der Waals surface area contributed by atoms with E-state index >= 15 is 0 Å². The number of hydrogen-bond acceptors (Lipinski definition) is 3. The summed E-state index contributed by atoms with van der Waals surface area (Å²) < 4.78 is 2.04. The fourth-order valence-corrected chi connectivity index (χ4v) is 1.55. The molecule has 0 radical (unpaired) electrons. The van der Waals surface area contributed by atoms with E-state index in [-0.39, 0.29) is 0 Å². The standard InChI is InChI=1S/C10H12N4/c1-7-3-4-8(2)14(7)9-5-12-6-13-10(9)11/h3-6H,1-2H3,(H2,11,12,13). The number of nitrogen functional groups attached to an aromatic ring is 1. The molecule has 0 amide bonds. The summed E-state index contributed by atoms with van der Waals surface area (Å²) in [6, 6.07) is 4.09. The van der Waals surface area contributed by atoms with E-state index in [1.54, 1.807) is 6.20 Å². The third kappa shape index (κ3) is 1.25. The van der Waals surface area contributed by atoms with E-state index in [9.17, 15) is 0 Å². The molecule has 2 N–H and O–H groups in total. The molecular formula is C10H12N4. The Balaban J connectivity index is 2.66. The van der Waals surface area contributed by atoms with Gasteiger partial charge in [-0.2, -0.15) is 0 Å². The predicted octanol–water partition coefficient (Wildman–Crippen LogP) is 1.47. The second kappa shape index (κ2) is 3.14. The summed E-state index contributed by atoms with van der Waals surface area (Å²) in [7, 11) is 0. The molecule has 2 aromatic heterocycles. The molecule has 72 valence electrons. The monoisotopic (exact) mass is 188 g/mol. The van der Waals surface area contributed by atoms with Crippen molar-refractivity contribution >= 4 is 5.82 Å². The summed E-state index contributed by atoms with van der Waals surface area (Å²) in [5, 5.41) is 0. The van der Waals surface area contributed by atoms with Gasteiger partial charge in [0, 0.05) is 11.4 Å². The van der Waals surface area contributed by atoms with E-state index in [1.807, 2.05) is 30.5 Å². The second-order valence-electron chi connectivity index (χ2n) is 3.24. The third-order valence-electron chi connectivity index (χ3n) is 2.23. The van der Waals surface area contributed by atoms with Crippen molar-refractivity contribution in [2.24, 2.45) is 0 Å². The van der Waals surface area contributed by atoms with Crippen LogP contribution in [-0.2, 0) is 0 Å². The van der Waals surface area contributed by atoms with Crippen molar-refractivity contribution < 1.29 is 0 Å². The highest BCUT2D eigenvalue weighted by Crippen LogP contribution is 2.18. The fourth-order valence-electron chi connectivity index (χ4n) is 1.55. The summed E-state index contributed by atoms with van der Waals surface area (Å²) in [4.78, 5) is 7.93. The first kappa shape index (κ1) is 8.74. The van der Waals surface area contributed by atoms with Crippen LogP contribution in [0.1, 0.15) is 11.4 Å². The van der Waals surface area contributed by atoms with Crippen molar-refractivity contribution in [3.63, 3.8) is 0 Å². The van der Waals surface area contributed by atoms with Crippen LogP contribution in [0.25, 0.3) is 5.69 Å². The van der Waals surface area contributed by atoms with Crippen LogP contribution in [0.3, 0.4) is 0 Å². The maximum absolute atomic E-state index is 5.78. The maximum Gasteiger partial charge on any atom is 0.151 e. The van der Waals surface area contributed by atoms with Gasteiger partial charge in [-0.15, -0.1) is 0 Å². The summed E-state index contributed by atoms with van der Waals surface area (Å²) in [5.41, 5.74) is 8.88. The van der Waals surface area contributed by atoms with Gasteiger partial charge >= 0.3 is 0 Å². The van der Waals surface area contributed by atoms with E-state index < -0.39 is 0 Å². The van der Waals surface area contributed by atoms with Crippen LogP contribution < -0.4 is 5.73 Å². The normalized spacial score (nSPS) is 10.4. The maximum atomic E-state index is 5.78. The molecule has 2 heterocycles. The minimum Gasteiger partial charge on any atom is -0.382 e. The highest BCUT2D eigenvalue weighted by Gasteiger charge is 2.07. The van der Waals surface area contributed by atoms with Crippen LogP contribution >= 0.6 is 0 Å². The van der Waals surface area contributed by atoms with Gasteiger partial charge in [0.1, 0.15) is 12.0 Å². The summed E-state index contributed by atoms with van der Waals surface area (Å²) in [6.07, 6.45) is 3.18. The molecule has 0 aromatic carbocycles. The Labute approximate surface area is 82.4 Å². The number of aromatic nitrogens is 3. The first-order valence-electron chi connectivity index (χ1n) is 4.41. The molecule has 0 fully saturated rings. The van der Waals surface area contributed by atoms with Gasteiger partial charge in [0.15, 0.2) is 5.82 Å². The molecule has 0 aliphatic carbocycles. The predicted molar refractivity (Wildman–Crippen MR) is 55.2 cm³/mol. The summed E-state index contributed by atoms with van der Waals surface area (Å²) >= 11 is 0. The van der Waals surface area contributed by atoms with Gasteiger partial charge in [0.05, 0.1) is 6.20 Å². The molecule has 14 heavy (non-hydrogen) atoms. The zero-order valence-corrected chi connectivity index (χ0v) is 8.23. The van der Waals surface area contributed by atoms with Crippen molar-refractivity contribution in [1.82, 2.24) is 14.5 Å². The lowest BCUT2D eigenvalue weighted by atomic mass is 10.4. The number of hydrogen-bond donors (Lipinski definition) is 1. The highest BCUT2D eigenvalue weighted by atomic mass is 15.1. The van der Waals surface area contributed by atoms with Crippen LogP contribution in [0.5, 0.6) is 0 Å². The number of anilines is 1. The van der Waals surface area contributed by atoms with Crippen molar-refractivity contribution in [2.75, 3.05) is 5.73 Å². The van der Waals surface area contributed by atoms with Gasteiger partial charge in [-0.1, -0.05) is 0 Å². The minimum atomic E-state index is 0.502. The molecule has 0 bridgehead atoms. The van der Waals surface area contributed by atoms with Crippen molar-refractivity contribution in [3.8, 4) is 5.69 Å². The first-order valence-corrected chi connectivity index (χ1v) is 4.41. The Morgan fingerprint density at radius 2 is 1.86 bits per heavy atom. The molecule has 0 saturated carbocycles. The molecule has 4 nitrogen and oxygen atoms in total. The molecule has 0 saturated heterocycles. The topological polar surface area (TPSA) is 56.7 Å². The fraction of sp³-hybridized carbons (Fsp3) is 0.200. The highest BCUT2D eigenvalue weighted by molar-refractivity contribution is 5.52. The molecule has 0 spiro atoms. The lowest BCUT2D eigenvalue weighted by molar-refractivity contribution is 0.944. The van der Waals surface area contributed by atoms with E-state index in [4.69, 9.17) is 5.73 Å². The third-order valence-corrected chi connectivity index (χ3v) is 2.23. The number of nitrogens with zero attached hydrogens (tertiary/aromatic N) is 3. The largest absolute Gasteiger partial charge is 0.382 e. The van der Waals surface area contributed by atoms with Gasteiger partial charge in [-0.25, -0.2) is 9.97 Å². The van der Waals surface area contributed by atoms with Crippen molar-refractivity contribution in [2.45, 2.75) is 13.8 Å². The Morgan fingerprint density at radius 3 is 2.43 bits per heavy atom. The Morgan fingerprint density at radius 1 is 1.21 bits per heavy atom. The molecule has 2 aromatic rings. The molecular weight excluding hydrogens is 176 g/mol. The minimum absolute atomic E-state index is 0.502. The molecule has 4 heteroatoms. The van der Waals surface area contributed by atoms with E-state index in [0.29, 0.717) is 5.82 Å².